The molecule has 1 aliphatic rings. The van der Waals surface area contributed by atoms with E-state index in [1.807, 2.05) is 19.1 Å². The molecule has 1 atom stereocenters. The summed E-state index contributed by atoms with van der Waals surface area (Å²) in [5.74, 6) is -1.50. The lowest BCUT2D eigenvalue weighted by Gasteiger charge is -2.36. The fourth-order valence-electron chi connectivity index (χ4n) is 3.84. The van der Waals surface area contributed by atoms with E-state index in [2.05, 4.69) is 5.32 Å². The third-order valence-electron chi connectivity index (χ3n) is 6.01. The minimum atomic E-state index is -4.35. The van der Waals surface area contributed by atoms with Crippen molar-refractivity contribution in [2.24, 2.45) is 0 Å². The molecule has 200 valence electrons. The van der Waals surface area contributed by atoms with Gasteiger partial charge in [-0.3, -0.25) is 14.4 Å². The standard InChI is InChI=1S/C26H26ClN3O7S/c1-18-4-8-20(9-5-18)37-17-23(31)29-12-14-30(15-13-29)26(33)25(28-24(32)22-3-2-16-36-22)38(34,35)21-10-6-19(27)7-11-21/h2-11,16,25H,12-15,17H2,1H3,(H,28,32)/t25-/m1/s1. The molecule has 0 spiro atoms. The molecule has 4 rings (SSSR count). The number of halogens is 1. The molecule has 3 aromatic rings. The molecule has 3 amide bonds. The van der Waals surface area contributed by atoms with Crippen molar-refractivity contribution in [2.45, 2.75) is 17.2 Å². The fourth-order valence-corrected chi connectivity index (χ4v) is 5.43. The Morgan fingerprint density at radius 2 is 1.61 bits per heavy atom. The Morgan fingerprint density at radius 1 is 0.974 bits per heavy atom. The zero-order valence-corrected chi connectivity index (χ0v) is 22.1. The van der Waals surface area contributed by atoms with Crippen LogP contribution in [0.4, 0.5) is 0 Å². The minimum Gasteiger partial charge on any atom is -0.484 e. The Hall–Kier alpha value is -3.83. The maximum atomic E-state index is 13.5. The summed E-state index contributed by atoms with van der Waals surface area (Å²) in [4.78, 5) is 41.4. The molecule has 12 heteroatoms. The van der Waals surface area contributed by atoms with Gasteiger partial charge in [0.2, 0.25) is 15.2 Å². The quantitative estimate of drug-likeness (QED) is 0.449. The molecule has 0 bridgehead atoms. The van der Waals surface area contributed by atoms with Gasteiger partial charge in [-0.2, -0.15) is 0 Å². The van der Waals surface area contributed by atoms with Crippen LogP contribution in [0.25, 0.3) is 0 Å². The van der Waals surface area contributed by atoms with Crippen LogP contribution in [0, 0.1) is 6.92 Å². The number of carbonyl (C=O) groups excluding carboxylic acids is 3. The number of amides is 3. The third kappa shape index (κ3) is 6.35. The number of hydrogen-bond donors (Lipinski definition) is 1. The number of nitrogens with zero attached hydrogens (tertiary/aromatic N) is 2. The molecule has 10 nitrogen and oxygen atoms in total. The monoisotopic (exact) mass is 559 g/mol. The van der Waals surface area contributed by atoms with Crippen LogP contribution in [0.3, 0.4) is 0 Å². The normalized spacial score (nSPS) is 14.6. The van der Waals surface area contributed by atoms with Crippen LogP contribution >= 0.6 is 11.6 Å². The van der Waals surface area contributed by atoms with Crippen molar-refractivity contribution in [1.82, 2.24) is 15.1 Å². The number of benzene rings is 2. The van der Waals surface area contributed by atoms with Gasteiger partial charge in [0.15, 0.2) is 12.4 Å². The lowest BCUT2D eigenvalue weighted by atomic mass is 10.2. The van der Waals surface area contributed by atoms with E-state index in [1.165, 1.54) is 47.6 Å². The largest absolute Gasteiger partial charge is 0.484 e. The van der Waals surface area contributed by atoms with Crippen molar-refractivity contribution in [1.29, 1.82) is 0 Å². The number of furan rings is 1. The van der Waals surface area contributed by atoms with Gasteiger partial charge in [0.1, 0.15) is 5.75 Å². The number of ether oxygens (including phenoxy) is 1. The van der Waals surface area contributed by atoms with E-state index in [4.69, 9.17) is 20.8 Å². The number of aryl methyl sites for hydroxylation is 1. The van der Waals surface area contributed by atoms with Gasteiger partial charge in [-0.25, -0.2) is 8.42 Å². The molecule has 1 aromatic heterocycles. The highest BCUT2D eigenvalue weighted by atomic mass is 35.5. The first-order valence-corrected chi connectivity index (χ1v) is 13.7. The smallest absolute Gasteiger partial charge is 0.288 e. The molecular weight excluding hydrogens is 534 g/mol. The Bertz CT molecular complexity index is 1380. The summed E-state index contributed by atoms with van der Waals surface area (Å²) in [6.45, 7) is 2.31. The van der Waals surface area contributed by atoms with E-state index >= 15 is 0 Å². The number of sulfone groups is 1. The van der Waals surface area contributed by atoms with Crippen molar-refractivity contribution < 1.29 is 32.0 Å². The number of piperazine rings is 1. The summed E-state index contributed by atoms with van der Waals surface area (Å²) in [7, 11) is -4.35. The second-order valence-corrected chi connectivity index (χ2v) is 11.1. The SMILES string of the molecule is Cc1ccc(OCC(=O)N2CCN(C(=O)[C@H](NC(=O)c3ccco3)S(=O)(=O)c3ccc(Cl)cc3)CC2)cc1. The van der Waals surface area contributed by atoms with E-state index < -0.39 is 27.0 Å². The zero-order valence-electron chi connectivity index (χ0n) is 20.5. The average molecular weight is 560 g/mol. The van der Waals surface area contributed by atoms with E-state index in [0.717, 1.165) is 5.56 Å². The molecule has 2 aromatic carbocycles. The molecule has 1 saturated heterocycles. The molecule has 2 heterocycles. The maximum absolute atomic E-state index is 13.5. The predicted octanol–water partition coefficient (Wildman–Crippen LogP) is 2.52. The number of rotatable bonds is 8. The highest BCUT2D eigenvalue weighted by Gasteiger charge is 2.40. The Labute approximate surface area is 225 Å². The van der Waals surface area contributed by atoms with Gasteiger partial charge in [-0.05, 0) is 55.5 Å². The summed E-state index contributed by atoms with van der Waals surface area (Å²) < 4.78 is 37.5. The van der Waals surface area contributed by atoms with Gasteiger partial charge in [0, 0.05) is 31.2 Å². The fraction of sp³-hybridized carbons (Fsp3) is 0.269. The zero-order chi connectivity index (χ0) is 27.3. The van der Waals surface area contributed by atoms with Gasteiger partial charge in [-0.1, -0.05) is 29.3 Å². The molecule has 0 radical (unpaired) electrons. The first kappa shape index (κ1) is 27.2. The highest BCUT2D eigenvalue weighted by molar-refractivity contribution is 7.92. The first-order chi connectivity index (χ1) is 18.1. The molecule has 0 unspecified atom stereocenters. The number of carbonyl (C=O) groups is 3. The van der Waals surface area contributed by atoms with E-state index in [9.17, 15) is 22.8 Å². The summed E-state index contributed by atoms with van der Waals surface area (Å²) in [6.07, 6.45) is 1.26. The first-order valence-electron chi connectivity index (χ1n) is 11.7. The Balaban J connectivity index is 1.44. The molecule has 1 N–H and O–H groups in total. The third-order valence-corrected chi connectivity index (χ3v) is 8.13. The molecule has 38 heavy (non-hydrogen) atoms. The van der Waals surface area contributed by atoms with Gasteiger partial charge < -0.3 is 24.3 Å². The lowest BCUT2D eigenvalue weighted by molar-refractivity contribution is -0.140. The van der Waals surface area contributed by atoms with Crippen LogP contribution in [0.2, 0.25) is 5.02 Å². The topological polar surface area (TPSA) is 126 Å². The lowest BCUT2D eigenvalue weighted by Crippen LogP contribution is -2.58. The van der Waals surface area contributed by atoms with Crippen molar-refractivity contribution in [3.05, 3.63) is 83.3 Å². The summed E-state index contributed by atoms with van der Waals surface area (Å²) in [6, 6.07) is 15.4. The number of hydrogen-bond acceptors (Lipinski definition) is 7. The van der Waals surface area contributed by atoms with Crippen molar-refractivity contribution in [3.63, 3.8) is 0 Å². The van der Waals surface area contributed by atoms with Crippen LogP contribution in [-0.2, 0) is 19.4 Å². The maximum Gasteiger partial charge on any atom is 0.288 e. The predicted molar refractivity (Wildman–Crippen MR) is 138 cm³/mol. The molecular formula is C26H26ClN3O7S. The molecule has 0 aliphatic carbocycles. The van der Waals surface area contributed by atoms with Crippen LogP contribution in [0.15, 0.2) is 76.2 Å². The van der Waals surface area contributed by atoms with Crippen LogP contribution in [-0.4, -0.2) is 74.1 Å². The Morgan fingerprint density at radius 3 is 2.21 bits per heavy atom. The molecule has 0 saturated carbocycles. The highest BCUT2D eigenvalue weighted by Crippen LogP contribution is 2.21. The van der Waals surface area contributed by atoms with Crippen molar-refractivity contribution in [2.75, 3.05) is 32.8 Å². The second-order valence-electron chi connectivity index (χ2n) is 8.64. The van der Waals surface area contributed by atoms with Gasteiger partial charge >= 0.3 is 0 Å². The van der Waals surface area contributed by atoms with E-state index in [1.54, 1.807) is 17.0 Å². The summed E-state index contributed by atoms with van der Waals surface area (Å²) >= 11 is 5.89. The van der Waals surface area contributed by atoms with Crippen LogP contribution in [0.5, 0.6) is 5.75 Å². The molecule has 1 fully saturated rings. The van der Waals surface area contributed by atoms with E-state index in [-0.39, 0.29) is 49.3 Å². The minimum absolute atomic E-state index is 0.0817. The van der Waals surface area contributed by atoms with Gasteiger partial charge in [-0.15, -0.1) is 0 Å². The van der Waals surface area contributed by atoms with Crippen molar-refractivity contribution >= 4 is 39.2 Å². The van der Waals surface area contributed by atoms with Crippen LogP contribution < -0.4 is 10.1 Å². The Kier molecular flexibility index (Phi) is 8.38. The summed E-state index contributed by atoms with van der Waals surface area (Å²) in [5, 5.41) is 0.710. The van der Waals surface area contributed by atoms with Crippen LogP contribution in [0.1, 0.15) is 16.1 Å². The second kappa shape index (κ2) is 11.7. The van der Waals surface area contributed by atoms with E-state index in [0.29, 0.717) is 10.8 Å². The van der Waals surface area contributed by atoms with Gasteiger partial charge in [0.25, 0.3) is 17.7 Å². The number of nitrogens with one attached hydrogen (secondary N) is 1. The summed E-state index contributed by atoms with van der Waals surface area (Å²) in [5.41, 5.74) is 1.07. The average Bonchev–Trinajstić information content (AvgIpc) is 3.46. The van der Waals surface area contributed by atoms with Gasteiger partial charge in [0.05, 0.1) is 11.2 Å². The molecule has 1 aliphatic heterocycles. The van der Waals surface area contributed by atoms with Crippen molar-refractivity contribution in [3.8, 4) is 5.75 Å².